The Balaban J connectivity index is 1.91. The van der Waals surface area contributed by atoms with E-state index in [4.69, 9.17) is 4.74 Å². The number of Topliss-reactive ketones (excluding diaryl/α,β-unsaturated/α-hetero) is 1. The van der Waals surface area contributed by atoms with Gasteiger partial charge in [-0.2, -0.15) is 0 Å². The molecule has 1 N–H and O–H groups in total. The highest BCUT2D eigenvalue weighted by molar-refractivity contribution is 5.99. The summed E-state index contributed by atoms with van der Waals surface area (Å²) in [6, 6.07) is 10.7. The van der Waals surface area contributed by atoms with Crippen LogP contribution in [-0.4, -0.2) is 35.7 Å². The zero-order chi connectivity index (χ0) is 20.7. The Labute approximate surface area is 161 Å². The molecule has 2 aromatic rings. The molecule has 0 spiro atoms. The van der Waals surface area contributed by atoms with Crippen LogP contribution in [-0.2, 0) is 16.0 Å². The lowest BCUT2D eigenvalue weighted by atomic mass is 10.1. The molecule has 0 aliphatic rings. The first-order valence-electron chi connectivity index (χ1n) is 8.56. The Morgan fingerprint density at radius 2 is 1.71 bits per heavy atom. The van der Waals surface area contributed by atoms with Crippen LogP contribution < -0.4 is 5.32 Å². The monoisotopic (exact) mass is 384 g/mol. The molecule has 0 aliphatic heterocycles. The van der Waals surface area contributed by atoms with Gasteiger partial charge in [0.1, 0.15) is 0 Å². The van der Waals surface area contributed by atoms with E-state index < -0.39 is 17.5 Å². The number of ketones is 1. The van der Waals surface area contributed by atoms with Gasteiger partial charge in [0.15, 0.2) is 12.4 Å². The van der Waals surface area contributed by atoms with Crippen molar-refractivity contribution in [3.05, 3.63) is 74.8 Å². The zero-order valence-electron chi connectivity index (χ0n) is 15.6. The zero-order valence-corrected chi connectivity index (χ0v) is 15.6. The summed E-state index contributed by atoms with van der Waals surface area (Å²) < 4.78 is 5.02. The lowest BCUT2D eigenvalue weighted by Crippen LogP contribution is -2.22. The minimum atomic E-state index is -0.724. The lowest BCUT2D eigenvalue weighted by molar-refractivity contribution is -0.385. The molecule has 0 fully saturated rings. The second-order valence-corrected chi connectivity index (χ2v) is 6.19. The van der Waals surface area contributed by atoms with Gasteiger partial charge in [0.05, 0.1) is 10.5 Å². The van der Waals surface area contributed by atoms with Gasteiger partial charge in [-0.1, -0.05) is 24.3 Å². The number of amides is 1. The van der Waals surface area contributed by atoms with Crippen LogP contribution in [0.15, 0.2) is 42.5 Å². The molecular formula is C20H20N2O6. The van der Waals surface area contributed by atoms with E-state index in [0.717, 1.165) is 5.56 Å². The third-order valence-corrected chi connectivity index (χ3v) is 4.03. The number of nitro groups is 1. The first kappa shape index (κ1) is 20.8. The third kappa shape index (κ3) is 5.73. The molecule has 1 amide bonds. The molecular weight excluding hydrogens is 364 g/mol. The number of carbonyl (C=O) groups excluding carboxylic acids is 3. The van der Waals surface area contributed by atoms with Crippen molar-refractivity contribution in [2.45, 2.75) is 20.3 Å². The first-order valence-corrected chi connectivity index (χ1v) is 8.56. The van der Waals surface area contributed by atoms with Crippen LogP contribution in [0, 0.1) is 17.0 Å². The maximum atomic E-state index is 12.2. The van der Waals surface area contributed by atoms with Crippen molar-refractivity contribution in [1.29, 1.82) is 0 Å². The third-order valence-electron chi connectivity index (χ3n) is 4.03. The smallest absolute Gasteiger partial charge is 0.338 e. The van der Waals surface area contributed by atoms with E-state index in [1.54, 1.807) is 24.3 Å². The van der Waals surface area contributed by atoms with Crippen LogP contribution in [0.1, 0.15) is 38.8 Å². The van der Waals surface area contributed by atoms with E-state index in [1.807, 2.05) is 0 Å². The molecule has 0 atom stereocenters. The van der Waals surface area contributed by atoms with Gasteiger partial charge in [-0.3, -0.25) is 19.7 Å². The molecule has 0 saturated heterocycles. The molecule has 0 aromatic heterocycles. The maximum absolute atomic E-state index is 12.2. The number of rotatable bonds is 8. The Morgan fingerprint density at radius 1 is 1.07 bits per heavy atom. The molecule has 8 heteroatoms. The molecule has 2 aromatic carbocycles. The van der Waals surface area contributed by atoms with Crippen LogP contribution in [0.25, 0.3) is 0 Å². The predicted molar refractivity (Wildman–Crippen MR) is 101 cm³/mol. The van der Waals surface area contributed by atoms with Crippen molar-refractivity contribution >= 4 is 23.3 Å². The van der Waals surface area contributed by atoms with E-state index in [2.05, 4.69) is 5.32 Å². The number of benzene rings is 2. The highest BCUT2D eigenvalue weighted by atomic mass is 16.6. The van der Waals surface area contributed by atoms with Crippen LogP contribution in [0.5, 0.6) is 0 Å². The van der Waals surface area contributed by atoms with Gasteiger partial charge in [-0.15, -0.1) is 0 Å². The average molecular weight is 384 g/mol. The van der Waals surface area contributed by atoms with Crippen molar-refractivity contribution in [2.24, 2.45) is 0 Å². The molecule has 0 bridgehead atoms. The summed E-state index contributed by atoms with van der Waals surface area (Å²) in [5, 5.41) is 13.5. The summed E-state index contributed by atoms with van der Waals surface area (Å²) in [6.07, 6.45) is 0.641. The fraction of sp³-hybridized carbons (Fsp3) is 0.250. The lowest BCUT2D eigenvalue weighted by Gasteiger charge is -2.07. The SMILES string of the molecule is CC(=O)NCCc1ccc(C(=O)COC(=O)c2ccc([N+](=O)[O-])c(C)c2)cc1. The van der Waals surface area contributed by atoms with Gasteiger partial charge < -0.3 is 10.1 Å². The summed E-state index contributed by atoms with van der Waals surface area (Å²) in [6.45, 7) is 3.05. The highest BCUT2D eigenvalue weighted by Crippen LogP contribution is 2.19. The standard InChI is InChI=1S/C20H20N2O6/c1-13-11-17(7-8-18(13)22(26)27)20(25)28-12-19(24)16-5-3-15(4-6-16)9-10-21-14(2)23/h3-8,11H,9-10,12H2,1-2H3,(H,21,23). The quantitative estimate of drug-likeness (QED) is 0.324. The molecule has 28 heavy (non-hydrogen) atoms. The summed E-state index contributed by atoms with van der Waals surface area (Å²) >= 11 is 0. The molecule has 146 valence electrons. The number of hydrogen-bond acceptors (Lipinski definition) is 6. The Kier molecular flexibility index (Phi) is 6.97. The Hall–Kier alpha value is -3.55. The summed E-state index contributed by atoms with van der Waals surface area (Å²) in [5.74, 6) is -1.18. The molecule has 2 rings (SSSR count). The van der Waals surface area contributed by atoms with Crippen molar-refractivity contribution < 1.29 is 24.0 Å². The van der Waals surface area contributed by atoms with Crippen molar-refractivity contribution in [3.63, 3.8) is 0 Å². The Bertz CT molecular complexity index is 905. The molecule has 0 heterocycles. The van der Waals surface area contributed by atoms with Gasteiger partial charge in [-0.25, -0.2) is 4.79 Å². The minimum Gasteiger partial charge on any atom is -0.454 e. The minimum absolute atomic E-state index is 0.0915. The number of aryl methyl sites for hydroxylation is 1. The fourth-order valence-corrected chi connectivity index (χ4v) is 2.53. The molecule has 0 radical (unpaired) electrons. The van der Waals surface area contributed by atoms with Crippen molar-refractivity contribution in [2.75, 3.05) is 13.2 Å². The van der Waals surface area contributed by atoms with Gasteiger partial charge in [0.2, 0.25) is 5.91 Å². The average Bonchev–Trinajstić information content (AvgIpc) is 2.65. The van der Waals surface area contributed by atoms with Crippen LogP contribution in [0.2, 0.25) is 0 Å². The molecule has 0 aliphatic carbocycles. The predicted octanol–water partition coefficient (Wildman–Crippen LogP) is 2.62. The summed E-state index contributed by atoms with van der Waals surface area (Å²) in [7, 11) is 0. The first-order chi connectivity index (χ1) is 13.3. The van der Waals surface area contributed by atoms with E-state index in [9.17, 15) is 24.5 Å². The topological polar surface area (TPSA) is 116 Å². The van der Waals surface area contributed by atoms with Gasteiger partial charge in [0.25, 0.3) is 5.69 Å². The highest BCUT2D eigenvalue weighted by Gasteiger charge is 2.16. The molecule has 0 saturated carbocycles. The van der Waals surface area contributed by atoms with E-state index in [1.165, 1.54) is 32.0 Å². The number of ether oxygens (including phenoxy) is 1. The normalized spacial score (nSPS) is 10.2. The number of nitrogens with zero attached hydrogens (tertiary/aromatic N) is 1. The van der Waals surface area contributed by atoms with Crippen LogP contribution in [0.4, 0.5) is 5.69 Å². The van der Waals surface area contributed by atoms with Crippen molar-refractivity contribution in [1.82, 2.24) is 5.32 Å². The maximum Gasteiger partial charge on any atom is 0.338 e. The van der Waals surface area contributed by atoms with E-state index in [-0.39, 0.29) is 22.9 Å². The molecule has 8 nitrogen and oxygen atoms in total. The Morgan fingerprint density at radius 3 is 2.29 bits per heavy atom. The largest absolute Gasteiger partial charge is 0.454 e. The number of nitrogens with one attached hydrogen (secondary N) is 1. The summed E-state index contributed by atoms with van der Waals surface area (Å²) in [5.41, 5.74) is 1.75. The number of carbonyl (C=O) groups is 3. The fourth-order valence-electron chi connectivity index (χ4n) is 2.53. The summed E-state index contributed by atoms with van der Waals surface area (Å²) in [4.78, 5) is 45.4. The van der Waals surface area contributed by atoms with Gasteiger partial charge in [-0.05, 0) is 31.0 Å². The number of hydrogen-bond donors (Lipinski definition) is 1. The van der Waals surface area contributed by atoms with Crippen LogP contribution >= 0.6 is 0 Å². The molecule has 0 unspecified atom stereocenters. The van der Waals surface area contributed by atoms with E-state index in [0.29, 0.717) is 24.1 Å². The second kappa shape index (κ2) is 9.40. The van der Waals surface area contributed by atoms with Gasteiger partial charge >= 0.3 is 5.97 Å². The number of esters is 1. The number of nitro benzene ring substituents is 1. The van der Waals surface area contributed by atoms with E-state index >= 15 is 0 Å². The van der Waals surface area contributed by atoms with Crippen molar-refractivity contribution in [3.8, 4) is 0 Å². The van der Waals surface area contributed by atoms with Gasteiger partial charge in [0, 0.05) is 30.7 Å². The second-order valence-electron chi connectivity index (χ2n) is 6.19. The van der Waals surface area contributed by atoms with Crippen LogP contribution in [0.3, 0.4) is 0 Å².